The quantitative estimate of drug-likeness (QED) is 0.528. The highest BCUT2D eigenvalue weighted by molar-refractivity contribution is 5.83. The Bertz CT molecular complexity index is 1090. The number of anilines is 1. The van der Waals surface area contributed by atoms with Gasteiger partial charge in [-0.25, -0.2) is 9.97 Å². The van der Waals surface area contributed by atoms with Gasteiger partial charge < -0.3 is 20.1 Å². The van der Waals surface area contributed by atoms with E-state index in [-0.39, 0.29) is 12.0 Å². The number of aromatic nitrogens is 3. The molecule has 4 rings (SSSR count). The number of nitrogens with two attached hydrogens (primary N) is 1. The molecule has 0 bridgehead atoms. The Morgan fingerprint density at radius 1 is 1.24 bits per heavy atom. The maximum atomic E-state index is 11.0. The zero-order valence-corrected chi connectivity index (χ0v) is 19.1. The highest BCUT2D eigenvalue weighted by Gasteiger charge is 2.22. The molecule has 0 spiro atoms. The fraction of sp³-hybridized carbons (Fsp3) is 0.417. The molecule has 0 aliphatic carbocycles. The minimum absolute atomic E-state index is 0.0936. The van der Waals surface area contributed by atoms with Gasteiger partial charge in [0, 0.05) is 57.3 Å². The smallest absolute Gasteiger partial charge is 0.242 e. The average Bonchev–Trinajstić information content (AvgIpc) is 2.82. The SMILES string of the molecule is CN(C)c1ccc(-c2cc3nccnc3c(OC[C@@H]3CN(CCCC(N)=O)CCO3)n2)cc1. The molecule has 1 saturated heterocycles. The van der Waals surface area contributed by atoms with Crippen LogP contribution in [0.15, 0.2) is 42.7 Å². The second kappa shape index (κ2) is 10.5. The van der Waals surface area contributed by atoms with Gasteiger partial charge in [-0.15, -0.1) is 0 Å². The lowest BCUT2D eigenvalue weighted by Gasteiger charge is -2.32. The first kappa shape index (κ1) is 22.9. The molecule has 2 aromatic heterocycles. The predicted molar refractivity (Wildman–Crippen MR) is 127 cm³/mol. The lowest BCUT2D eigenvalue weighted by atomic mass is 10.1. The van der Waals surface area contributed by atoms with Crippen LogP contribution >= 0.6 is 0 Å². The summed E-state index contributed by atoms with van der Waals surface area (Å²) in [5, 5.41) is 0. The fourth-order valence-electron chi connectivity index (χ4n) is 3.86. The van der Waals surface area contributed by atoms with E-state index in [1.807, 2.05) is 32.3 Å². The molecule has 174 valence electrons. The number of primary amides is 1. The van der Waals surface area contributed by atoms with Gasteiger partial charge in [-0.05, 0) is 31.2 Å². The summed E-state index contributed by atoms with van der Waals surface area (Å²) in [6, 6.07) is 10.1. The van der Waals surface area contributed by atoms with Gasteiger partial charge in [0.15, 0.2) is 5.52 Å². The third-order valence-electron chi connectivity index (χ3n) is 5.63. The van der Waals surface area contributed by atoms with Crippen molar-refractivity contribution in [1.29, 1.82) is 0 Å². The first-order chi connectivity index (χ1) is 16.0. The number of benzene rings is 1. The van der Waals surface area contributed by atoms with Crippen LogP contribution in [0.3, 0.4) is 0 Å². The predicted octanol–water partition coefficient (Wildman–Crippen LogP) is 2.10. The van der Waals surface area contributed by atoms with Gasteiger partial charge in [0.1, 0.15) is 12.7 Å². The van der Waals surface area contributed by atoms with Crippen LogP contribution in [-0.4, -0.2) is 78.8 Å². The number of morpholine rings is 1. The third-order valence-corrected chi connectivity index (χ3v) is 5.63. The van der Waals surface area contributed by atoms with Gasteiger partial charge in [0.2, 0.25) is 11.8 Å². The van der Waals surface area contributed by atoms with Crippen molar-refractivity contribution in [2.45, 2.75) is 18.9 Å². The topological polar surface area (TPSA) is 107 Å². The number of ether oxygens (including phenoxy) is 2. The Balaban J connectivity index is 1.48. The van der Waals surface area contributed by atoms with Crippen molar-refractivity contribution in [3.63, 3.8) is 0 Å². The third kappa shape index (κ3) is 5.94. The van der Waals surface area contributed by atoms with Crippen molar-refractivity contribution in [1.82, 2.24) is 19.9 Å². The van der Waals surface area contributed by atoms with E-state index >= 15 is 0 Å². The molecule has 1 fully saturated rings. The Hall–Kier alpha value is -3.30. The molecule has 0 unspecified atom stereocenters. The highest BCUT2D eigenvalue weighted by atomic mass is 16.5. The van der Waals surface area contributed by atoms with Crippen molar-refractivity contribution in [2.75, 3.05) is 51.8 Å². The van der Waals surface area contributed by atoms with Crippen LogP contribution in [0, 0.1) is 0 Å². The highest BCUT2D eigenvalue weighted by Crippen LogP contribution is 2.28. The van der Waals surface area contributed by atoms with Crippen molar-refractivity contribution >= 4 is 22.6 Å². The van der Waals surface area contributed by atoms with Crippen molar-refractivity contribution < 1.29 is 14.3 Å². The number of carbonyl (C=O) groups excluding carboxylic acids is 1. The Morgan fingerprint density at radius 2 is 2.03 bits per heavy atom. The normalized spacial score (nSPS) is 16.6. The van der Waals surface area contributed by atoms with Crippen LogP contribution in [0.5, 0.6) is 5.88 Å². The standard InChI is InChI=1S/C24H30N6O3/c1-29(2)18-7-5-17(6-8-18)20-14-21-23(27-10-9-26-21)24(28-20)33-16-19-15-30(12-13-32-19)11-3-4-22(25)31/h5-10,14,19H,3-4,11-13,15-16H2,1-2H3,(H2,25,31)/t19-/m0/s1. The van der Waals surface area contributed by atoms with E-state index in [2.05, 4.69) is 31.9 Å². The number of hydrogen-bond donors (Lipinski definition) is 1. The second-order valence-corrected chi connectivity index (χ2v) is 8.35. The minimum atomic E-state index is -0.265. The summed E-state index contributed by atoms with van der Waals surface area (Å²) in [5.74, 6) is 0.181. The minimum Gasteiger partial charge on any atom is -0.473 e. The zero-order valence-electron chi connectivity index (χ0n) is 19.1. The summed E-state index contributed by atoms with van der Waals surface area (Å²) in [4.78, 5) is 29.0. The molecule has 1 atom stereocenters. The number of amides is 1. The number of carbonyl (C=O) groups is 1. The summed E-state index contributed by atoms with van der Waals surface area (Å²) < 4.78 is 12.0. The molecule has 9 heteroatoms. The van der Waals surface area contributed by atoms with Crippen LogP contribution in [0.4, 0.5) is 5.69 Å². The van der Waals surface area contributed by atoms with Gasteiger partial charge in [0.05, 0.1) is 17.8 Å². The maximum Gasteiger partial charge on any atom is 0.242 e. The number of fused-ring (bicyclic) bond motifs is 1. The molecule has 1 aliphatic heterocycles. The molecule has 3 heterocycles. The van der Waals surface area contributed by atoms with E-state index < -0.39 is 0 Å². The summed E-state index contributed by atoms with van der Waals surface area (Å²) in [5.41, 5.74) is 9.47. The van der Waals surface area contributed by atoms with Gasteiger partial charge in [0.25, 0.3) is 0 Å². The van der Waals surface area contributed by atoms with Crippen LogP contribution in [0.2, 0.25) is 0 Å². The first-order valence-electron chi connectivity index (χ1n) is 11.1. The Kier molecular flexibility index (Phi) is 7.31. The Labute approximate surface area is 193 Å². The molecular weight excluding hydrogens is 420 g/mol. The van der Waals surface area contributed by atoms with E-state index in [4.69, 9.17) is 20.2 Å². The molecular formula is C24H30N6O3. The average molecular weight is 451 g/mol. The molecule has 1 aromatic carbocycles. The second-order valence-electron chi connectivity index (χ2n) is 8.35. The van der Waals surface area contributed by atoms with Gasteiger partial charge in [-0.1, -0.05) is 12.1 Å². The molecule has 9 nitrogen and oxygen atoms in total. The monoisotopic (exact) mass is 450 g/mol. The van der Waals surface area contributed by atoms with E-state index in [1.165, 1.54) is 0 Å². The summed E-state index contributed by atoms with van der Waals surface area (Å²) in [6.45, 7) is 3.35. The summed E-state index contributed by atoms with van der Waals surface area (Å²) in [7, 11) is 4.02. The van der Waals surface area contributed by atoms with Crippen molar-refractivity contribution in [2.24, 2.45) is 5.73 Å². The molecule has 1 aliphatic rings. The molecule has 1 amide bonds. The van der Waals surface area contributed by atoms with Gasteiger partial charge in [-0.2, -0.15) is 0 Å². The number of hydrogen-bond acceptors (Lipinski definition) is 8. The number of nitrogens with zero attached hydrogens (tertiary/aromatic N) is 5. The first-order valence-corrected chi connectivity index (χ1v) is 11.1. The lowest BCUT2D eigenvalue weighted by Crippen LogP contribution is -2.45. The maximum absolute atomic E-state index is 11.0. The summed E-state index contributed by atoms with van der Waals surface area (Å²) in [6.07, 6.45) is 4.36. The number of rotatable bonds is 9. The lowest BCUT2D eigenvalue weighted by molar-refractivity contribution is -0.118. The molecule has 33 heavy (non-hydrogen) atoms. The van der Waals surface area contributed by atoms with Crippen molar-refractivity contribution in [3.8, 4) is 17.1 Å². The van der Waals surface area contributed by atoms with Crippen LogP contribution in [-0.2, 0) is 9.53 Å². The van der Waals surface area contributed by atoms with Crippen LogP contribution < -0.4 is 15.4 Å². The van der Waals surface area contributed by atoms with E-state index in [0.717, 1.165) is 48.5 Å². The molecule has 0 radical (unpaired) electrons. The Morgan fingerprint density at radius 3 is 2.79 bits per heavy atom. The van der Waals surface area contributed by atoms with E-state index in [9.17, 15) is 4.79 Å². The fourth-order valence-corrected chi connectivity index (χ4v) is 3.86. The molecule has 2 N–H and O–H groups in total. The van der Waals surface area contributed by atoms with E-state index in [1.54, 1.807) is 12.4 Å². The van der Waals surface area contributed by atoms with Crippen LogP contribution in [0.25, 0.3) is 22.3 Å². The van der Waals surface area contributed by atoms with Gasteiger partial charge >= 0.3 is 0 Å². The largest absolute Gasteiger partial charge is 0.473 e. The summed E-state index contributed by atoms with van der Waals surface area (Å²) >= 11 is 0. The number of pyridine rings is 1. The zero-order chi connectivity index (χ0) is 23.2. The van der Waals surface area contributed by atoms with E-state index in [0.29, 0.717) is 31.0 Å². The van der Waals surface area contributed by atoms with Crippen molar-refractivity contribution in [3.05, 3.63) is 42.7 Å². The molecule has 3 aromatic rings. The van der Waals surface area contributed by atoms with Gasteiger partial charge in [-0.3, -0.25) is 14.7 Å². The van der Waals surface area contributed by atoms with Crippen LogP contribution in [0.1, 0.15) is 12.8 Å². The molecule has 0 saturated carbocycles.